The van der Waals surface area contributed by atoms with Crippen molar-refractivity contribution in [2.24, 2.45) is 22.7 Å². The number of aliphatic hydroxyl groups excluding tert-OH is 1. The molecular formula is C24H32O7. The number of hydrogen-bond donors (Lipinski definition) is 2. The lowest BCUT2D eigenvalue weighted by atomic mass is 9.46. The Kier molecular flexibility index (Phi) is 6.74. The molecule has 1 aliphatic heterocycles. The van der Waals surface area contributed by atoms with E-state index in [1.54, 1.807) is 6.08 Å². The van der Waals surface area contributed by atoms with E-state index in [1.165, 1.54) is 6.26 Å². The van der Waals surface area contributed by atoms with E-state index in [-0.39, 0.29) is 42.7 Å². The van der Waals surface area contributed by atoms with Gasteiger partial charge >= 0.3 is 17.9 Å². The molecule has 3 rings (SSSR count). The Morgan fingerprint density at radius 1 is 1.32 bits per heavy atom. The van der Waals surface area contributed by atoms with E-state index in [9.17, 15) is 19.5 Å². The van der Waals surface area contributed by atoms with Crippen LogP contribution in [0, 0.1) is 22.7 Å². The molecule has 5 atom stereocenters. The third-order valence-corrected chi connectivity index (χ3v) is 7.67. The first-order valence-electron chi connectivity index (χ1n) is 10.9. The first-order valence-corrected chi connectivity index (χ1v) is 10.9. The molecule has 2 N–H and O–H groups in total. The van der Waals surface area contributed by atoms with Gasteiger partial charge < -0.3 is 19.7 Å². The van der Waals surface area contributed by atoms with E-state index in [1.807, 2.05) is 13.0 Å². The number of aliphatic hydroxyl groups is 1. The molecule has 0 amide bonds. The van der Waals surface area contributed by atoms with Gasteiger partial charge in [0.1, 0.15) is 0 Å². The fourth-order valence-electron chi connectivity index (χ4n) is 5.84. The number of carbonyl (C=O) groups excluding carboxylic acids is 2. The normalized spacial score (nSPS) is 36.2. The Labute approximate surface area is 182 Å². The van der Waals surface area contributed by atoms with Crippen molar-refractivity contribution in [1.82, 2.24) is 0 Å². The standard InChI is InChI=1S/C24H32O7/c1-15-4-7-18-23(2,17(15)6-5-16-11-13-30-22(16)29)12-10-19(25)24(18,3)14-31-21(28)9-8-20(26)27/h5,11,13,17-19,25H,1,4,6-10,12,14H2,2-3H3,(H,26,27)/b16-5+. The average Bonchev–Trinajstić information content (AvgIpc) is 3.12. The summed E-state index contributed by atoms with van der Waals surface area (Å²) in [5, 5.41) is 19.7. The van der Waals surface area contributed by atoms with Gasteiger partial charge in [0.15, 0.2) is 0 Å². The van der Waals surface area contributed by atoms with Crippen molar-refractivity contribution in [3.8, 4) is 0 Å². The highest BCUT2D eigenvalue weighted by Gasteiger charge is 2.58. The van der Waals surface area contributed by atoms with Gasteiger partial charge in [0.25, 0.3) is 0 Å². The molecule has 170 valence electrons. The Balaban J connectivity index is 1.78. The van der Waals surface area contributed by atoms with Crippen LogP contribution in [0.25, 0.3) is 0 Å². The van der Waals surface area contributed by atoms with Crippen molar-refractivity contribution in [1.29, 1.82) is 0 Å². The Bertz CT molecular complexity index is 826. The molecule has 0 aromatic carbocycles. The first kappa shape index (κ1) is 23.3. The zero-order chi connectivity index (χ0) is 22.8. The van der Waals surface area contributed by atoms with Gasteiger partial charge in [-0.15, -0.1) is 0 Å². The predicted molar refractivity (Wildman–Crippen MR) is 113 cm³/mol. The van der Waals surface area contributed by atoms with Crippen molar-refractivity contribution in [2.45, 2.75) is 64.9 Å². The van der Waals surface area contributed by atoms with Crippen LogP contribution in [0.3, 0.4) is 0 Å². The molecule has 0 spiro atoms. The van der Waals surface area contributed by atoms with E-state index < -0.39 is 23.5 Å². The third kappa shape index (κ3) is 4.61. The molecule has 0 aromatic rings. The van der Waals surface area contributed by atoms with Crippen LogP contribution in [0.4, 0.5) is 0 Å². The van der Waals surface area contributed by atoms with Crippen LogP contribution in [-0.4, -0.2) is 40.8 Å². The number of hydrogen-bond acceptors (Lipinski definition) is 6. The van der Waals surface area contributed by atoms with Crippen LogP contribution in [-0.2, 0) is 23.9 Å². The maximum atomic E-state index is 12.0. The van der Waals surface area contributed by atoms with Crippen LogP contribution in [0.5, 0.6) is 0 Å². The molecule has 0 radical (unpaired) electrons. The third-order valence-electron chi connectivity index (χ3n) is 7.67. The Hall–Kier alpha value is -2.41. The maximum Gasteiger partial charge on any atom is 0.342 e. The lowest BCUT2D eigenvalue weighted by Gasteiger charge is -2.60. The minimum atomic E-state index is -1.04. The summed E-state index contributed by atoms with van der Waals surface area (Å²) >= 11 is 0. The number of carbonyl (C=O) groups is 3. The number of cyclic esters (lactones) is 1. The van der Waals surface area contributed by atoms with Gasteiger partial charge in [-0.2, -0.15) is 0 Å². The summed E-state index contributed by atoms with van der Waals surface area (Å²) in [5.74, 6) is -1.72. The second kappa shape index (κ2) is 8.99. The van der Waals surface area contributed by atoms with Crippen LogP contribution in [0.2, 0.25) is 0 Å². The molecule has 0 saturated heterocycles. The molecule has 2 saturated carbocycles. The van der Waals surface area contributed by atoms with Gasteiger partial charge in [0, 0.05) is 5.41 Å². The predicted octanol–water partition coefficient (Wildman–Crippen LogP) is 3.53. The van der Waals surface area contributed by atoms with Crippen molar-refractivity contribution < 1.29 is 34.1 Å². The first-order chi connectivity index (χ1) is 14.6. The van der Waals surface area contributed by atoms with Crippen molar-refractivity contribution in [3.63, 3.8) is 0 Å². The van der Waals surface area contributed by atoms with Crippen LogP contribution >= 0.6 is 0 Å². The van der Waals surface area contributed by atoms with E-state index in [4.69, 9.17) is 14.6 Å². The fourth-order valence-corrected chi connectivity index (χ4v) is 5.84. The van der Waals surface area contributed by atoms with Crippen molar-refractivity contribution in [2.75, 3.05) is 6.61 Å². The van der Waals surface area contributed by atoms with Crippen LogP contribution in [0.1, 0.15) is 58.8 Å². The summed E-state index contributed by atoms with van der Waals surface area (Å²) < 4.78 is 10.3. The molecule has 7 nitrogen and oxygen atoms in total. The molecule has 2 aliphatic carbocycles. The van der Waals surface area contributed by atoms with Gasteiger partial charge in [-0.05, 0) is 55.4 Å². The lowest BCUT2D eigenvalue weighted by Crippen LogP contribution is -2.57. The summed E-state index contributed by atoms with van der Waals surface area (Å²) in [6, 6.07) is 0. The molecule has 1 heterocycles. The van der Waals surface area contributed by atoms with Gasteiger partial charge in [0.05, 0.1) is 37.4 Å². The minimum absolute atomic E-state index is 0.0578. The molecule has 31 heavy (non-hydrogen) atoms. The van der Waals surface area contributed by atoms with Gasteiger partial charge in [-0.25, -0.2) is 4.79 Å². The highest BCUT2D eigenvalue weighted by atomic mass is 16.5. The second-order valence-corrected chi connectivity index (χ2v) is 9.53. The number of rotatable bonds is 7. The quantitative estimate of drug-likeness (QED) is 0.360. The lowest BCUT2D eigenvalue weighted by molar-refractivity contribution is -0.175. The number of esters is 2. The minimum Gasteiger partial charge on any atom is -0.481 e. The molecule has 7 heteroatoms. The van der Waals surface area contributed by atoms with E-state index >= 15 is 0 Å². The van der Waals surface area contributed by atoms with E-state index in [0.29, 0.717) is 18.4 Å². The summed E-state index contributed by atoms with van der Waals surface area (Å²) in [6.07, 6.45) is 7.60. The van der Waals surface area contributed by atoms with Gasteiger partial charge in [0.2, 0.25) is 0 Å². The Morgan fingerprint density at radius 2 is 2.06 bits per heavy atom. The Morgan fingerprint density at radius 3 is 2.71 bits per heavy atom. The van der Waals surface area contributed by atoms with Crippen LogP contribution < -0.4 is 0 Å². The van der Waals surface area contributed by atoms with Crippen LogP contribution in [0.15, 0.2) is 36.1 Å². The molecular weight excluding hydrogens is 400 g/mol. The zero-order valence-electron chi connectivity index (χ0n) is 18.3. The van der Waals surface area contributed by atoms with E-state index in [0.717, 1.165) is 24.8 Å². The number of fused-ring (bicyclic) bond motifs is 1. The summed E-state index contributed by atoms with van der Waals surface area (Å²) in [6.45, 7) is 8.54. The second-order valence-electron chi connectivity index (χ2n) is 9.53. The number of ether oxygens (including phenoxy) is 2. The molecule has 5 unspecified atom stereocenters. The largest absolute Gasteiger partial charge is 0.481 e. The van der Waals surface area contributed by atoms with Gasteiger partial charge in [-0.3, -0.25) is 9.59 Å². The summed E-state index contributed by atoms with van der Waals surface area (Å²) in [4.78, 5) is 34.5. The smallest absolute Gasteiger partial charge is 0.342 e. The topological polar surface area (TPSA) is 110 Å². The number of allylic oxidation sites excluding steroid dienone is 2. The van der Waals surface area contributed by atoms with E-state index in [2.05, 4.69) is 13.5 Å². The summed E-state index contributed by atoms with van der Waals surface area (Å²) in [7, 11) is 0. The molecule has 3 aliphatic rings. The SMILES string of the molecule is C=C1CCC2C(C)(COC(=O)CCC(=O)O)C(O)CCC2(C)C1C/C=C1\C=COC1=O. The number of carboxylic acid groups (broad SMARTS) is 1. The maximum absolute atomic E-state index is 12.0. The molecule has 0 aromatic heterocycles. The van der Waals surface area contributed by atoms with Gasteiger partial charge in [-0.1, -0.05) is 32.1 Å². The monoisotopic (exact) mass is 432 g/mol. The number of aliphatic carboxylic acids is 1. The fraction of sp³-hybridized carbons (Fsp3) is 0.625. The summed E-state index contributed by atoms with van der Waals surface area (Å²) in [5.41, 5.74) is 0.886. The molecule has 2 fully saturated rings. The average molecular weight is 433 g/mol. The molecule has 0 bridgehead atoms. The number of carboxylic acids is 1. The van der Waals surface area contributed by atoms with Crippen molar-refractivity contribution >= 4 is 17.9 Å². The highest BCUT2D eigenvalue weighted by Crippen LogP contribution is 2.61. The highest BCUT2D eigenvalue weighted by molar-refractivity contribution is 5.94. The zero-order valence-corrected chi connectivity index (χ0v) is 18.3. The van der Waals surface area contributed by atoms with Crippen molar-refractivity contribution in [3.05, 3.63) is 36.1 Å².